The summed E-state index contributed by atoms with van der Waals surface area (Å²) in [5.41, 5.74) is 0.379. The lowest BCUT2D eigenvalue weighted by atomic mass is 9.89. The first kappa shape index (κ1) is 20.8. The van der Waals surface area contributed by atoms with E-state index in [2.05, 4.69) is 4.98 Å². The zero-order chi connectivity index (χ0) is 21.9. The van der Waals surface area contributed by atoms with Gasteiger partial charge in [0.25, 0.3) is 0 Å². The van der Waals surface area contributed by atoms with Crippen molar-refractivity contribution >= 4 is 31.4 Å². The normalized spacial score (nSPS) is 23.4. The molecule has 10 heteroatoms. The van der Waals surface area contributed by atoms with Crippen molar-refractivity contribution in [2.75, 3.05) is 13.1 Å². The van der Waals surface area contributed by atoms with E-state index in [0.29, 0.717) is 17.7 Å². The lowest BCUT2D eigenvalue weighted by Gasteiger charge is -2.33. The molecule has 0 bridgehead atoms. The highest BCUT2D eigenvalue weighted by molar-refractivity contribution is 7.89. The number of aromatic nitrogens is 1. The fraction of sp³-hybridized carbons (Fsp3) is 0.286. The van der Waals surface area contributed by atoms with Crippen LogP contribution in [0.3, 0.4) is 0 Å². The van der Waals surface area contributed by atoms with Crippen molar-refractivity contribution in [1.82, 2.24) is 13.6 Å². The number of aryl methyl sites for hydroxylation is 1. The van der Waals surface area contributed by atoms with Crippen LogP contribution >= 0.6 is 11.3 Å². The smallest absolute Gasteiger partial charge is 0.244 e. The lowest BCUT2D eigenvalue weighted by molar-refractivity contribution is 0.202. The van der Waals surface area contributed by atoms with Gasteiger partial charge in [-0.3, -0.25) is 0 Å². The molecule has 2 aliphatic rings. The van der Waals surface area contributed by atoms with E-state index in [4.69, 9.17) is 0 Å². The van der Waals surface area contributed by atoms with E-state index < -0.39 is 25.6 Å². The second kappa shape index (κ2) is 7.21. The van der Waals surface area contributed by atoms with Crippen molar-refractivity contribution < 1.29 is 16.8 Å². The molecule has 0 N–H and O–H groups in total. The Morgan fingerprint density at radius 2 is 1.81 bits per heavy atom. The van der Waals surface area contributed by atoms with E-state index in [1.54, 1.807) is 54.6 Å². The van der Waals surface area contributed by atoms with E-state index >= 15 is 0 Å². The van der Waals surface area contributed by atoms with Gasteiger partial charge in [-0.1, -0.05) is 36.4 Å². The number of hydrogen-bond donors (Lipinski definition) is 0. The number of thiazole rings is 1. The summed E-state index contributed by atoms with van der Waals surface area (Å²) in [5.74, 6) is 0. The van der Waals surface area contributed by atoms with Gasteiger partial charge in [0.1, 0.15) is 0 Å². The van der Waals surface area contributed by atoms with Crippen LogP contribution in [0.1, 0.15) is 22.7 Å². The molecule has 2 aromatic carbocycles. The molecular weight excluding hydrogens is 454 g/mol. The predicted octanol–water partition coefficient (Wildman–Crippen LogP) is 2.95. The Bertz CT molecular complexity index is 1350. The second-order valence-electron chi connectivity index (χ2n) is 7.80. The van der Waals surface area contributed by atoms with Gasteiger partial charge in [0, 0.05) is 18.5 Å². The number of rotatable bonds is 4. The maximum atomic E-state index is 13.5. The van der Waals surface area contributed by atoms with Crippen molar-refractivity contribution in [2.45, 2.75) is 35.2 Å². The largest absolute Gasteiger partial charge is 0.245 e. The third kappa shape index (κ3) is 3.16. The van der Waals surface area contributed by atoms with Gasteiger partial charge in [0.2, 0.25) is 20.0 Å². The fourth-order valence-electron chi connectivity index (χ4n) is 4.55. The number of hydrogen-bond acceptors (Lipinski definition) is 6. The molecule has 0 aliphatic carbocycles. The molecule has 1 fully saturated rings. The van der Waals surface area contributed by atoms with Crippen LogP contribution in [0.15, 0.2) is 69.8 Å². The number of benzene rings is 2. The lowest BCUT2D eigenvalue weighted by Crippen LogP contribution is -2.46. The highest BCUT2D eigenvalue weighted by Crippen LogP contribution is 2.50. The topological polar surface area (TPSA) is 87.7 Å². The van der Waals surface area contributed by atoms with Crippen LogP contribution < -0.4 is 0 Å². The molecule has 1 saturated heterocycles. The van der Waals surface area contributed by atoms with Gasteiger partial charge >= 0.3 is 0 Å². The van der Waals surface area contributed by atoms with E-state index in [-0.39, 0.29) is 29.4 Å². The zero-order valence-corrected chi connectivity index (χ0v) is 19.3. The second-order valence-corrected chi connectivity index (χ2v) is 12.6. The molecule has 162 valence electrons. The molecule has 1 spiro atoms. The third-order valence-electron chi connectivity index (χ3n) is 6.00. The van der Waals surface area contributed by atoms with Gasteiger partial charge in [-0.2, -0.15) is 8.61 Å². The molecule has 0 amide bonds. The average molecular weight is 476 g/mol. The van der Waals surface area contributed by atoms with Gasteiger partial charge in [0.15, 0.2) is 0 Å². The van der Waals surface area contributed by atoms with E-state index in [1.165, 1.54) is 19.9 Å². The van der Waals surface area contributed by atoms with E-state index in [1.807, 2.05) is 12.3 Å². The van der Waals surface area contributed by atoms with Crippen LogP contribution in [0.5, 0.6) is 0 Å². The Balaban J connectivity index is 1.60. The minimum atomic E-state index is -3.78. The highest BCUT2D eigenvalue weighted by atomic mass is 32.2. The van der Waals surface area contributed by atoms with Gasteiger partial charge in [-0.15, -0.1) is 11.3 Å². The predicted molar refractivity (Wildman–Crippen MR) is 118 cm³/mol. The van der Waals surface area contributed by atoms with Crippen LogP contribution in [0.2, 0.25) is 0 Å². The zero-order valence-electron chi connectivity index (χ0n) is 16.8. The highest BCUT2D eigenvalue weighted by Gasteiger charge is 2.58. The van der Waals surface area contributed by atoms with Gasteiger partial charge in [0.05, 0.1) is 32.6 Å². The maximum Gasteiger partial charge on any atom is 0.244 e. The Morgan fingerprint density at radius 1 is 1.10 bits per heavy atom. The monoisotopic (exact) mass is 475 g/mol. The van der Waals surface area contributed by atoms with Gasteiger partial charge < -0.3 is 0 Å². The van der Waals surface area contributed by atoms with Crippen molar-refractivity contribution in [1.29, 1.82) is 0 Å². The average Bonchev–Trinajstić information content (AvgIpc) is 3.43. The summed E-state index contributed by atoms with van der Waals surface area (Å²) in [5, 5.41) is 2.72. The van der Waals surface area contributed by atoms with Crippen LogP contribution in [-0.4, -0.2) is 43.5 Å². The van der Waals surface area contributed by atoms with Crippen LogP contribution in [0.25, 0.3) is 0 Å². The first-order valence-electron chi connectivity index (χ1n) is 9.84. The Kier molecular flexibility index (Phi) is 4.83. The molecule has 1 aromatic heterocycles. The summed E-state index contributed by atoms with van der Waals surface area (Å²) in [4.78, 5) is 4.91. The summed E-state index contributed by atoms with van der Waals surface area (Å²) >= 11 is 1.47. The SMILES string of the molecule is Cc1nc(CN2[C@@]3(CCN(S(=O)(=O)c4ccccc4)C3)c3ccccc3S2(=O)=O)cs1. The van der Waals surface area contributed by atoms with Gasteiger partial charge in [-0.05, 0) is 37.1 Å². The van der Waals surface area contributed by atoms with Crippen molar-refractivity contribution in [3.63, 3.8) is 0 Å². The summed E-state index contributed by atoms with van der Waals surface area (Å²) in [6.07, 6.45) is 0.387. The molecule has 3 aromatic rings. The van der Waals surface area contributed by atoms with Crippen molar-refractivity contribution in [3.05, 3.63) is 76.2 Å². The molecule has 0 radical (unpaired) electrons. The standard InChI is InChI=1S/C21H21N3O4S3/c1-16-22-17(14-29-16)13-24-21(19-9-5-6-10-20(19)31(24,27)28)11-12-23(15-21)30(25,26)18-7-3-2-4-8-18/h2-10,14H,11-13,15H2,1H3/t21-/m1/s1. The quantitative estimate of drug-likeness (QED) is 0.579. The molecule has 0 unspecified atom stereocenters. The number of nitrogens with zero attached hydrogens (tertiary/aromatic N) is 3. The van der Waals surface area contributed by atoms with Crippen molar-refractivity contribution in [3.8, 4) is 0 Å². The number of sulfonamides is 2. The Hall–Kier alpha value is -2.11. The van der Waals surface area contributed by atoms with Crippen LogP contribution in [0.4, 0.5) is 0 Å². The van der Waals surface area contributed by atoms with Gasteiger partial charge in [-0.25, -0.2) is 21.8 Å². The summed E-state index contributed by atoms with van der Waals surface area (Å²) in [6.45, 7) is 2.30. The maximum absolute atomic E-state index is 13.5. The molecule has 31 heavy (non-hydrogen) atoms. The first-order chi connectivity index (χ1) is 14.7. The molecule has 7 nitrogen and oxygen atoms in total. The first-order valence-corrected chi connectivity index (χ1v) is 13.6. The molecule has 0 saturated carbocycles. The van der Waals surface area contributed by atoms with Crippen LogP contribution in [0, 0.1) is 6.92 Å². The molecule has 5 rings (SSSR count). The Labute approximate surface area is 186 Å². The van der Waals surface area contributed by atoms with E-state index in [0.717, 1.165) is 5.01 Å². The fourth-order valence-corrected chi connectivity index (χ4v) is 8.70. The molecular formula is C21H21N3O4S3. The Morgan fingerprint density at radius 3 is 2.52 bits per heavy atom. The minimum Gasteiger partial charge on any atom is -0.245 e. The summed E-state index contributed by atoms with van der Waals surface area (Å²) < 4.78 is 56.4. The van der Waals surface area contributed by atoms with E-state index in [9.17, 15) is 16.8 Å². The summed E-state index contributed by atoms with van der Waals surface area (Å²) in [7, 11) is -7.52. The molecule has 2 aliphatic heterocycles. The minimum absolute atomic E-state index is 0.0730. The summed E-state index contributed by atoms with van der Waals surface area (Å²) in [6, 6.07) is 15.2. The van der Waals surface area contributed by atoms with Crippen LogP contribution in [-0.2, 0) is 32.1 Å². The number of fused-ring (bicyclic) bond motifs is 2. The molecule has 1 atom stereocenters. The molecule has 3 heterocycles. The third-order valence-corrected chi connectivity index (χ3v) is 10.7. The van der Waals surface area contributed by atoms with Crippen molar-refractivity contribution in [2.24, 2.45) is 0 Å².